The van der Waals surface area contributed by atoms with Gasteiger partial charge in [-0.3, -0.25) is 19.5 Å². The van der Waals surface area contributed by atoms with Gasteiger partial charge in [0, 0.05) is 84.5 Å². The Hall–Kier alpha value is -4.80. The van der Waals surface area contributed by atoms with E-state index in [0.29, 0.717) is 112 Å². The molecule has 0 aromatic carbocycles. The number of morpholine rings is 2. The molecule has 5 N–H and O–H groups in total. The Labute approximate surface area is 637 Å². The van der Waals surface area contributed by atoms with E-state index in [1.54, 1.807) is 48.5 Å². The first-order valence-electron chi connectivity index (χ1n) is 33.7. The van der Waals surface area contributed by atoms with Crippen molar-refractivity contribution in [1.29, 1.82) is 0 Å². The highest BCUT2D eigenvalue weighted by Gasteiger charge is 2.71. The van der Waals surface area contributed by atoms with Gasteiger partial charge in [-0.15, -0.1) is 90.7 Å². The number of epoxide rings is 2. The molecule has 0 radical (unpaired) electrons. The van der Waals surface area contributed by atoms with E-state index in [2.05, 4.69) is 74.2 Å². The Morgan fingerprint density at radius 3 is 0.941 bits per heavy atom. The number of esters is 3. The number of hydrogen-bond donors (Lipinski definition) is 5. The zero-order valence-electron chi connectivity index (χ0n) is 56.4. The molecule has 8 saturated heterocycles. The molecule has 0 saturated carbocycles. The first-order valence-corrected chi connectivity index (χ1v) is 40.8. The fourth-order valence-corrected chi connectivity index (χ4v) is 23.0. The van der Waals surface area contributed by atoms with E-state index < -0.39 is 40.3 Å². The summed E-state index contributed by atoms with van der Waals surface area (Å²) in [6.45, 7) is 1.42. The highest BCUT2D eigenvalue weighted by Crippen LogP contribution is 2.53. The number of Topliss-reactive ketones (excluding diaryl/α,β-unsaturated/α-hetero) is 1. The van der Waals surface area contributed by atoms with E-state index in [9.17, 15) is 44.7 Å². The molecule has 0 spiro atoms. The van der Waals surface area contributed by atoms with Crippen LogP contribution in [0.3, 0.4) is 0 Å². The number of likely N-dealkylation sites (N-methyl/N-ethyl adjacent to an activating group) is 4. The van der Waals surface area contributed by atoms with E-state index in [1.165, 1.54) is 97.6 Å². The summed E-state index contributed by atoms with van der Waals surface area (Å²) in [7, 11) is 10.8. The van der Waals surface area contributed by atoms with Crippen LogP contribution < -0.4 is 17.0 Å². The van der Waals surface area contributed by atoms with Crippen molar-refractivity contribution in [3.8, 4) is 0 Å². The standard InChI is InChI=1S/C19H22NO4S2.C18H19NO4S2.C18H19NO3S2.C11H10O2S2.C8H13NO.CH4.BrH/c1-20(2)12-9-11(10-13(20)17-16(12)24-17)23-18(21)19(22,14-5-3-7-25-14)15-6-4-8-26-15;1-19-11-8-10(9-12(19)16-15(11)23-16)22-17(20)18(21,13-4-2-6-24-13)14-5-3-7-25-14;1-19-12-6-7-13(19)11-14(10-12)22-17(20)18(21,15-4-2-8-23-15)16-5-3-9-24-16;1-8(12)11(13,9-4-2-6-14-9)10-5-3-7-15-10;1-9-6-2-3-7(9)5-8(10)4-6;;/h3-8,11-13,16-17,22H,9-10H2,1-2H3;2-7,10-12,15-16,21H,8-9H2,1H3;2-9,12-14,21H,10-11H2,1H3;2-7,13H,1H3;2-3,6-8,10H,4-5H2,1H3;1H4;1H/q+1;;;;;;/p-1. The summed E-state index contributed by atoms with van der Waals surface area (Å²) in [5, 5.41) is 68.6. The topological polar surface area (TPSA) is 232 Å². The minimum Gasteiger partial charge on any atom is -1.00 e. The van der Waals surface area contributed by atoms with Crippen LogP contribution in [0.5, 0.6) is 0 Å². The van der Waals surface area contributed by atoms with Crippen LogP contribution in [0.25, 0.3) is 0 Å². The Balaban J connectivity index is 0.000000124. The maximum atomic E-state index is 13.1. The molecule has 12 atom stereocenters. The lowest BCUT2D eigenvalue weighted by Crippen LogP contribution is -3.00. The number of halogens is 1. The molecule has 18 nitrogen and oxygen atoms in total. The number of aliphatic hydroxyl groups excluding tert-OH is 1. The van der Waals surface area contributed by atoms with Gasteiger partial charge in [0.2, 0.25) is 16.8 Å². The van der Waals surface area contributed by atoms with Gasteiger partial charge in [-0.05, 0) is 132 Å². The summed E-state index contributed by atoms with van der Waals surface area (Å²) in [5.74, 6) is -1.94. The van der Waals surface area contributed by atoms with Crippen molar-refractivity contribution in [1.82, 2.24) is 14.7 Å². The monoisotopic (exact) mass is 1600 g/mol. The van der Waals surface area contributed by atoms with E-state index >= 15 is 0 Å². The molecule has 18 rings (SSSR count). The minimum absolute atomic E-state index is 0. The van der Waals surface area contributed by atoms with Crippen LogP contribution >= 0.6 is 90.7 Å². The average Bonchev–Trinajstić information content (AvgIpc) is 1.83. The molecule has 12 unspecified atom stereocenters. The van der Waals surface area contributed by atoms with Gasteiger partial charge in [0.25, 0.3) is 0 Å². The van der Waals surface area contributed by atoms with Crippen molar-refractivity contribution in [2.24, 2.45) is 0 Å². The maximum Gasteiger partial charge on any atom is 0.349 e. The van der Waals surface area contributed by atoms with Crippen molar-refractivity contribution in [3.63, 3.8) is 0 Å². The smallest absolute Gasteiger partial charge is 0.349 e. The summed E-state index contributed by atoms with van der Waals surface area (Å²) in [5.41, 5.74) is -6.60. The third kappa shape index (κ3) is 14.5. The predicted octanol–water partition coefficient (Wildman–Crippen LogP) is 8.19. The molecular formula is C75H87BrN4O14S8. The molecule has 8 aromatic rings. The van der Waals surface area contributed by atoms with Crippen LogP contribution in [0, 0.1) is 0 Å². The molecule has 8 aromatic heterocycles. The van der Waals surface area contributed by atoms with Gasteiger partial charge in [-0.25, -0.2) is 14.4 Å². The van der Waals surface area contributed by atoms with Crippen LogP contribution in [0.1, 0.15) is 105 Å². The van der Waals surface area contributed by atoms with Crippen LogP contribution in [-0.2, 0) is 65.3 Å². The third-order valence-corrected chi connectivity index (χ3v) is 29.7. The quantitative estimate of drug-likeness (QED) is 0.0214. The van der Waals surface area contributed by atoms with E-state index in [4.69, 9.17) is 23.7 Å². The Morgan fingerprint density at radius 1 is 0.412 bits per heavy atom. The number of carbonyl (C=O) groups excluding carboxylic acids is 4. The van der Waals surface area contributed by atoms with E-state index in [0.717, 1.165) is 55.8 Å². The maximum absolute atomic E-state index is 13.1. The number of thiophene rings is 8. The second-order valence-electron chi connectivity index (χ2n) is 27.9. The van der Waals surface area contributed by atoms with Gasteiger partial charge in [0.05, 0.1) is 49.5 Å². The Morgan fingerprint density at radius 2 is 0.667 bits per heavy atom. The van der Waals surface area contributed by atoms with Gasteiger partial charge >= 0.3 is 17.9 Å². The van der Waals surface area contributed by atoms with Gasteiger partial charge in [0.15, 0.2) is 11.4 Å². The van der Waals surface area contributed by atoms with Gasteiger partial charge in [-0.2, -0.15) is 0 Å². The summed E-state index contributed by atoms with van der Waals surface area (Å²) in [6.07, 6.45) is 16.0. The molecule has 8 bridgehead atoms. The molecular weight excluding hydrogens is 1520 g/mol. The van der Waals surface area contributed by atoms with Crippen LogP contribution in [0.15, 0.2) is 164 Å². The zero-order valence-corrected chi connectivity index (χ0v) is 64.5. The van der Waals surface area contributed by atoms with Crippen LogP contribution in [0.4, 0.5) is 0 Å². The molecule has 0 aliphatic carbocycles. The van der Waals surface area contributed by atoms with Crippen molar-refractivity contribution in [2.45, 2.75) is 185 Å². The van der Waals surface area contributed by atoms with Crippen LogP contribution in [-0.4, -0.2) is 201 Å². The molecule has 8 fully saturated rings. The van der Waals surface area contributed by atoms with E-state index in [-0.39, 0.29) is 54.6 Å². The van der Waals surface area contributed by atoms with Gasteiger partial charge in [-0.1, -0.05) is 80.3 Å². The number of aliphatic hydroxyl groups is 5. The first kappa shape index (κ1) is 76.8. The molecule has 10 aliphatic heterocycles. The van der Waals surface area contributed by atoms with Gasteiger partial charge < -0.3 is 70.7 Å². The molecule has 10 aliphatic rings. The van der Waals surface area contributed by atoms with Crippen molar-refractivity contribution in [2.75, 3.05) is 35.2 Å². The SMILES string of the molecule is C.CC(=O)C(O)(c1cccs1)c1cccs1.CN1C2C=CC1CC(O)C2.CN1C2C=CC1CC(OC(=O)C(O)(c1cccs1)c1cccs1)C2.CN1C2CC(OC(=O)C(O)(c3cccs3)c3cccs3)CC1C1OC12.C[N+]1(C)C2CC(OC(=O)C(O)(c3cccs3)c3cccs3)CC1C1OC12.[Br-]. The largest absolute Gasteiger partial charge is 1.00 e. The second-order valence-corrected chi connectivity index (χ2v) is 35.5. The third-order valence-electron chi connectivity index (χ3n) is 21.9. The number of quaternary nitrogens is 1. The van der Waals surface area contributed by atoms with Crippen molar-refractivity contribution >= 4 is 114 Å². The second kappa shape index (κ2) is 31.2. The lowest BCUT2D eigenvalue weighted by molar-refractivity contribution is -0.938. The number of fused-ring (bicyclic) bond motifs is 14. The summed E-state index contributed by atoms with van der Waals surface area (Å²) in [6, 6.07) is 32.0. The fourth-order valence-electron chi connectivity index (χ4n) is 16.0. The molecule has 546 valence electrons. The number of carbonyl (C=O) groups is 4. The predicted molar refractivity (Wildman–Crippen MR) is 398 cm³/mol. The fraction of sp³-hybridized carbons (Fsp3) is 0.467. The molecule has 18 heterocycles. The lowest BCUT2D eigenvalue weighted by Gasteiger charge is -2.45. The van der Waals surface area contributed by atoms with Crippen LogP contribution in [0.2, 0.25) is 0 Å². The van der Waals surface area contributed by atoms with Gasteiger partial charge in [0.1, 0.15) is 54.8 Å². The first-order chi connectivity index (χ1) is 48.0. The number of piperidine rings is 4. The average molecular weight is 1600 g/mol. The Bertz CT molecular complexity index is 3910. The highest BCUT2D eigenvalue weighted by atomic mass is 79.9. The van der Waals surface area contributed by atoms with Crippen molar-refractivity contribution < 1.29 is 89.9 Å². The number of nitrogens with zero attached hydrogens (tertiary/aromatic N) is 4. The minimum atomic E-state index is -1.72. The zero-order chi connectivity index (χ0) is 70.0. The number of hydrogen-bond acceptors (Lipinski definition) is 25. The number of ether oxygens (including phenoxy) is 5. The summed E-state index contributed by atoms with van der Waals surface area (Å²) in [4.78, 5) is 62.7. The van der Waals surface area contributed by atoms with Crippen molar-refractivity contribution in [3.05, 3.63) is 203 Å². The molecule has 0 amide bonds. The number of ketones is 1. The highest BCUT2D eigenvalue weighted by molar-refractivity contribution is 7.13. The Kier molecular flexibility index (Phi) is 23.5. The summed E-state index contributed by atoms with van der Waals surface area (Å²) < 4.78 is 30.0. The molecule has 102 heavy (non-hydrogen) atoms. The normalized spacial score (nSPS) is 29.6. The van der Waals surface area contributed by atoms with E-state index in [1.807, 2.05) is 91.6 Å². The molecule has 27 heteroatoms. The summed E-state index contributed by atoms with van der Waals surface area (Å²) >= 11 is 11.0. The number of rotatable bonds is 15. The lowest BCUT2D eigenvalue weighted by atomic mass is 9.95.